The number of hydrogen-bond acceptors (Lipinski definition) is 2. The van der Waals surface area contributed by atoms with E-state index in [-0.39, 0.29) is 11.6 Å². The van der Waals surface area contributed by atoms with Crippen molar-refractivity contribution in [3.63, 3.8) is 0 Å². The minimum atomic E-state index is -0.122. The molecule has 0 aromatic rings. The van der Waals surface area contributed by atoms with Crippen molar-refractivity contribution in [2.45, 2.75) is 116 Å². The lowest BCUT2D eigenvalue weighted by Gasteiger charge is -2.42. The molecule has 2 rings (SSSR count). The van der Waals surface area contributed by atoms with Gasteiger partial charge in [0.25, 0.3) is 0 Å². The predicted octanol–water partition coefficient (Wildman–Crippen LogP) is 6.42. The van der Waals surface area contributed by atoms with Crippen LogP contribution in [0.5, 0.6) is 0 Å². The molecule has 2 aliphatic rings. The molecule has 23 heavy (non-hydrogen) atoms. The lowest BCUT2D eigenvalue weighted by Crippen LogP contribution is -2.40. The Morgan fingerprint density at radius 1 is 0.913 bits per heavy atom. The van der Waals surface area contributed by atoms with Crippen LogP contribution >= 0.6 is 0 Å². The molecule has 0 heterocycles. The largest absolute Gasteiger partial charge is 0.459 e. The maximum Gasteiger partial charge on any atom is 0.303 e. The maximum absolute atomic E-state index is 11.6. The average Bonchev–Trinajstić information content (AvgIpc) is 2.56. The van der Waals surface area contributed by atoms with Gasteiger partial charge in [0.15, 0.2) is 0 Å². The quantitative estimate of drug-likeness (QED) is 0.381. The first kappa shape index (κ1) is 18.8. The smallest absolute Gasteiger partial charge is 0.303 e. The van der Waals surface area contributed by atoms with Gasteiger partial charge in [0.1, 0.15) is 5.60 Å². The van der Waals surface area contributed by atoms with Gasteiger partial charge in [-0.2, -0.15) is 0 Å². The third-order valence-electron chi connectivity index (χ3n) is 6.35. The van der Waals surface area contributed by atoms with E-state index in [0.717, 1.165) is 31.1 Å². The zero-order chi connectivity index (χ0) is 16.5. The Balaban J connectivity index is 1.81. The summed E-state index contributed by atoms with van der Waals surface area (Å²) in [4.78, 5) is 11.6. The van der Waals surface area contributed by atoms with Crippen molar-refractivity contribution in [3.05, 3.63) is 0 Å². The van der Waals surface area contributed by atoms with Crippen molar-refractivity contribution in [1.29, 1.82) is 0 Å². The van der Waals surface area contributed by atoms with Crippen LogP contribution < -0.4 is 0 Å². The highest BCUT2D eigenvalue weighted by Gasteiger charge is 2.39. The van der Waals surface area contributed by atoms with Crippen LogP contribution in [-0.2, 0) is 9.53 Å². The van der Waals surface area contributed by atoms with Crippen LogP contribution in [0.2, 0.25) is 0 Å². The van der Waals surface area contributed by atoms with E-state index in [4.69, 9.17) is 4.74 Å². The summed E-state index contributed by atoms with van der Waals surface area (Å²) in [5.41, 5.74) is -0.122. The fourth-order valence-electron chi connectivity index (χ4n) is 5.00. The second-order valence-electron chi connectivity index (χ2n) is 8.18. The average molecular weight is 323 g/mol. The van der Waals surface area contributed by atoms with E-state index in [0.29, 0.717) is 0 Å². The Labute approximate surface area is 143 Å². The molecule has 0 amide bonds. The van der Waals surface area contributed by atoms with Crippen LogP contribution in [0.15, 0.2) is 0 Å². The first-order valence-electron chi connectivity index (χ1n) is 10.3. The summed E-state index contributed by atoms with van der Waals surface area (Å²) in [6.45, 7) is 3.85. The zero-order valence-electron chi connectivity index (χ0n) is 15.6. The molecule has 0 aliphatic heterocycles. The highest BCUT2D eigenvalue weighted by atomic mass is 16.6. The summed E-state index contributed by atoms with van der Waals surface area (Å²) >= 11 is 0. The van der Waals surface area contributed by atoms with Gasteiger partial charge in [-0.1, -0.05) is 64.7 Å². The van der Waals surface area contributed by atoms with Crippen LogP contribution in [0.3, 0.4) is 0 Å². The Kier molecular flexibility index (Phi) is 7.92. The molecule has 0 spiro atoms. The van der Waals surface area contributed by atoms with Gasteiger partial charge in [-0.05, 0) is 50.4 Å². The number of rotatable bonds is 8. The molecule has 2 heteroatoms. The number of carbonyl (C=O) groups excluding carboxylic acids is 1. The van der Waals surface area contributed by atoms with Gasteiger partial charge in [-0.25, -0.2) is 0 Å². The van der Waals surface area contributed by atoms with Crippen molar-refractivity contribution in [1.82, 2.24) is 0 Å². The van der Waals surface area contributed by atoms with Crippen LogP contribution in [0.1, 0.15) is 110 Å². The van der Waals surface area contributed by atoms with E-state index < -0.39 is 0 Å². The molecular weight excluding hydrogens is 284 g/mol. The van der Waals surface area contributed by atoms with Crippen molar-refractivity contribution in [2.24, 2.45) is 11.8 Å². The van der Waals surface area contributed by atoms with Gasteiger partial charge >= 0.3 is 5.97 Å². The third-order valence-corrected chi connectivity index (χ3v) is 6.35. The minimum Gasteiger partial charge on any atom is -0.459 e. The first-order chi connectivity index (χ1) is 11.2. The van der Waals surface area contributed by atoms with Crippen LogP contribution in [0.25, 0.3) is 0 Å². The van der Waals surface area contributed by atoms with Crippen LogP contribution in [0, 0.1) is 11.8 Å². The molecule has 134 valence electrons. The molecule has 2 nitrogen and oxygen atoms in total. The third kappa shape index (κ3) is 6.12. The summed E-state index contributed by atoms with van der Waals surface area (Å²) in [6.07, 6.45) is 19.6. The summed E-state index contributed by atoms with van der Waals surface area (Å²) in [6, 6.07) is 0. The van der Waals surface area contributed by atoms with E-state index in [1.54, 1.807) is 6.92 Å². The maximum atomic E-state index is 11.6. The van der Waals surface area contributed by atoms with E-state index in [2.05, 4.69) is 6.92 Å². The van der Waals surface area contributed by atoms with Gasteiger partial charge in [0, 0.05) is 6.92 Å². The van der Waals surface area contributed by atoms with E-state index >= 15 is 0 Å². The normalized spacial score (nSPS) is 29.4. The van der Waals surface area contributed by atoms with E-state index in [9.17, 15) is 4.79 Å². The molecule has 2 fully saturated rings. The standard InChI is InChI=1S/C21H38O2/c1-3-4-5-6-10-15-21(23-18(2)22)16-13-20(14-17-21)19-11-8-7-9-12-19/h19-20H,3-17H2,1-2H3. The number of unbranched alkanes of at least 4 members (excludes halogenated alkanes) is 4. The fraction of sp³-hybridized carbons (Fsp3) is 0.952. The summed E-state index contributed by atoms with van der Waals surface area (Å²) in [7, 11) is 0. The van der Waals surface area contributed by atoms with Crippen LogP contribution in [0.4, 0.5) is 0 Å². The number of hydrogen-bond donors (Lipinski definition) is 0. The molecule has 2 saturated carbocycles. The monoisotopic (exact) mass is 322 g/mol. The molecule has 0 radical (unpaired) electrons. The second-order valence-corrected chi connectivity index (χ2v) is 8.18. The van der Waals surface area contributed by atoms with Crippen LogP contribution in [-0.4, -0.2) is 11.6 Å². The molecule has 0 saturated heterocycles. The van der Waals surface area contributed by atoms with E-state index in [1.807, 2.05) is 0 Å². The van der Waals surface area contributed by atoms with Crippen molar-refractivity contribution >= 4 is 5.97 Å². The Bertz CT molecular complexity index is 336. The molecule has 0 N–H and O–H groups in total. The van der Waals surface area contributed by atoms with Crippen molar-refractivity contribution in [2.75, 3.05) is 0 Å². The van der Waals surface area contributed by atoms with Crippen molar-refractivity contribution in [3.8, 4) is 0 Å². The molecule has 0 bridgehead atoms. The highest BCUT2D eigenvalue weighted by molar-refractivity contribution is 5.66. The molecule has 0 aromatic carbocycles. The zero-order valence-corrected chi connectivity index (χ0v) is 15.6. The lowest BCUT2D eigenvalue weighted by molar-refractivity contribution is -0.163. The molecule has 0 atom stereocenters. The molecule has 0 unspecified atom stereocenters. The van der Waals surface area contributed by atoms with E-state index in [1.165, 1.54) is 77.0 Å². The summed E-state index contributed by atoms with van der Waals surface area (Å²) in [5, 5.41) is 0. The lowest BCUT2D eigenvalue weighted by atomic mass is 9.68. The summed E-state index contributed by atoms with van der Waals surface area (Å²) < 4.78 is 5.88. The van der Waals surface area contributed by atoms with Gasteiger partial charge < -0.3 is 4.74 Å². The number of carbonyl (C=O) groups is 1. The SMILES string of the molecule is CCCCCCCC1(OC(C)=O)CCC(C2CCCCC2)CC1. The van der Waals surface area contributed by atoms with Gasteiger partial charge in [-0.15, -0.1) is 0 Å². The van der Waals surface area contributed by atoms with Gasteiger partial charge in [-0.3, -0.25) is 4.79 Å². The molecular formula is C21H38O2. The minimum absolute atomic E-state index is 0.0744. The number of ether oxygens (including phenoxy) is 1. The highest BCUT2D eigenvalue weighted by Crippen LogP contribution is 2.44. The first-order valence-corrected chi connectivity index (χ1v) is 10.3. The van der Waals surface area contributed by atoms with Gasteiger partial charge in [0.2, 0.25) is 0 Å². The Morgan fingerprint density at radius 2 is 1.52 bits per heavy atom. The molecule has 2 aliphatic carbocycles. The fourth-order valence-corrected chi connectivity index (χ4v) is 5.00. The Morgan fingerprint density at radius 3 is 2.13 bits per heavy atom. The predicted molar refractivity (Wildman–Crippen MR) is 96.4 cm³/mol. The second kappa shape index (κ2) is 9.69. The van der Waals surface area contributed by atoms with Gasteiger partial charge in [0.05, 0.1) is 0 Å². The molecule has 0 aromatic heterocycles. The number of esters is 1. The van der Waals surface area contributed by atoms with Crippen molar-refractivity contribution < 1.29 is 9.53 Å². The summed E-state index contributed by atoms with van der Waals surface area (Å²) in [5.74, 6) is 1.79. The topological polar surface area (TPSA) is 26.3 Å². The Hall–Kier alpha value is -0.530.